The topological polar surface area (TPSA) is 68.2 Å². The van der Waals surface area contributed by atoms with Crippen LogP contribution in [0.4, 0.5) is 0 Å². The lowest BCUT2D eigenvalue weighted by Crippen LogP contribution is -2.22. The van der Waals surface area contributed by atoms with Gasteiger partial charge in [-0.05, 0) is 0 Å². The highest BCUT2D eigenvalue weighted by atomic mass is 16.1. The number of imidazole rings is 2. The molecule has 0 unspecified atom stereocenters. The zero-order valence-corrected chi connectivity index (χ0v) is 6.53. The molecule has 2 heterocycles. The lowest BCUT2D eigenvalue weighted by molar-refractivity contribution is 0.676. The van der Waals surface area contributed by atoms with E-state index in [0.717, 1.165) is 5.65 Å². The summed E-state index contributed by atoms with van der Waals surface area (Å²) in [6.45, 7) is 1.04. The minimum Gasteiger partial charge on any atom is -0.345 e. The summed E-state index contributed by atoms with van der Waals surface area (Å²) >= 11 is 0. The van der Waals surface area contributed by atoms with Crippen molar-refractivity contribution in [3.63, 3.8) is 0 Å². The Morgan fingerprint density at radius 2 is 2.42 bits per heavy atom. The van der Waals surface area contributed by atoms with E-state index in [1.54, 1.807) is 27.6 Å². The highest BCUT2D eigenvalue weighted by Crippen LogP contribution is 1.94. The zero-order chi connectivity index (χ0) is 8.55. The van der Waals surface area contributed by atoms with E-state index in [0.29, 0.717) is 13.1 Å². The highest BCUT2D eigenvalue weighted by molar-refractivity contribution is 5.35. The molecule has 2 aromatic heterocycles. The number of hydrogen-bond acceptors (Lipinski definition) is 2. The molecule has 0 saturated heterocycles. The number of hydrogen-bond donors (Lipinski definition) is 2. The van der Waals surface area contributed by atoms with Gasteiger partial charge < -0.3 is 10.7 Å². The molecule has 3 N–H and O–H groups in total. The zero-order valence-electron chi connectivity index (χ0n) is 6.53. The van der Waals surface area contributed by atoms with Crippen molar-refractivity contribution in [3.05, 3.63) is 29.1 Å². The largest absolute Gasteiger partial charge is 0.345 e. The summed E-state index contributed by atoms with van der Waals surface area (Å²) in [5.74, 6) is 0. The van der Waals surface area contributed by atoms with Crippen molar-refractivity contribution in [2.75, 3.05) is 6.54 Å². The van der Waals surface area contributed by atoms with Crippen molar-refractivity contribution in [1.29, 1.82) is 0 Å². The molecule has 0 radical (unpaired) electrons. The Kier molecular flexibility index (Phi) is 1.51. The minimum atomic E-state index is -0.0447. The maximum absolute atomic E-state index is 11.4. The summed E-state index contributed by atoms with van der Waals surface area (Å²) in [5.41, 5.74) is 6.10. The fourth-order valence-corrected chi connectivity index (χ4v) is 1.25. The fraction of sp³-hybridized carbons (Fsp3) is 0.286. The van der Waals surface area contributed by atoms with E-state index < -0.39 is 0 Å². The van der Waals surface area contributed by atoms with Gasteiger partial charge in [0.05, 0.1) is 6.20 Å². The van der Waals surface area contributed by atoms with Gasteiger partial charge in [-0.2, -0.15) is 0 Å². The molecule has 12 heavy (non-hydrogen) atoms. The van der Waals surface area contributed by atoms with E-state index >= 15 is 0 Å². The van der Waals surface area contributed by atoms with E-state index in [2.05, 4.69) is 4.98 Å². The van der Waals surface area contributed by atoms with Gasteiger partial charge in [0.15, 0.2) is 0 Å². The first kappa shape index (κ1) is 7.17. The average molecular weight is 166 g/mol. The van der Waals surface area contributed by atoms with Crippen molar-refractivity contribution in [2.24, 2.45) is 5.73 Å². The SMILES string of the molecule is NCCn1cc2[nH]ccn2c1=O. The molecule has 2 rings (SSSR count). The Balaban J connectivity index is 2.63. The number of nitrogens with one attached hydrogen (secondary N) is 1. The molecule has 5 heteroatoms. The maximum Gasteiger partial charge on any atom is 0.334 e. The third-order valence-corrected chi connectivity index (χ3v) is 1.81. The van der Waals surface area contributed by atoms with Gasteiger partial charge in [0.1, 0.15) is 5.65 Å². The first-order valence-electron chi connectivity index (χ1n) is 3.78. The number of nitrogens with two attached hydrogens (primary N) is 1. The molecule has 0 aliphatic heterocycles. The second-order valence-corrected chi connectivity index (χ2v) is 2.61. The number of aromatic nitrogens is 3. The van der Waals surface area contributed by atoms with Gasteiger partial charge in [-0.1, -0.05) is 0 Å². The maximum atomic E-state index is 11.4. The molecule has 0 amide bonds. The first-order chi connectivity index (χ1) is 5.83. The number of aromatic amines is 1. The van der Waals surface area contributed by atoms with Gasteiger partial charge in [-0.25, -0.2) is 4.79 Å². The first-order valence-corrected chi connectivity index (χ1v) is 3.78. The fourth-order valence-electron chi connectivity index (χ4n) is 1.25. The predicted octanol–water partition coefficient (Wildman–Crippen LogP) is -0.612. The van der Waals surface area contributed by atoms with Crippen LogP contribution >= 0.6 is 0 Å². The highest BCUT2D eigenvalue weighted by Gasteiger charge is 2.02. The van der Waals surface area contributed by atoms with Crippen molar-refractivity contribution in [3.8, 4) is 0 Å². The van der Waals surface area contributed by atoms with Crippen LogP contribution in [-0.4, -0.2) is 20.5 Å². The molecule has 5 nitrogen and oxygen atoms in total. The molecule has 0 atom stereocenters. The normalized spacial score (nSPS) is 11.1. The lowest BCUT2D eigenvalue weighted by Gasteiger charge is -1.93. The molecule has 2 aromatic rings. The van der Waals surface area contributed by atoms with Gasteiger partial charge in [-0.3, -0.25) is 8.97 Å². The Bertz CT molecular complexity index is 435. The van der Waals surface area contributed by atoms with E-state index in [1.165, 1.54) is 0 Å². The third kappa shape index (κ3) is 0.868. The van der Waals surface area contributed by atoms with Crippen LogP contribution in [0, 0.1) is 0 Å². The lowest BCUT2D eigenvalue weighted by atomic mass is 10.6. The van der Waals surface area contributed by atoms with Crippen LogP contribution < -0.4 is 11.4 Å². The van der Waals surface area contributed by atoms with Gasteiger partial charge >= 0.3 is 5.69 Å². The monoisotopic (exact) mass is 166 g/mol. The Morgan fingerprint density at radius 1 is 1.58 bits per heavy atom. The number of rotatable bonds is 2. The van der Waals surface area contributed by atoms with Gasteiger partial charge in [0.2, 0.25) is 0 Å². The smallest absolute Gasteiger partial charge is 0.334 e. The van der Waals surface area contributed by atoms with E-state index in [1.807, 2.05) is 0 Å². The molecule has 0 aliphatic rings. The van der Waals surface area contributed by atoms with E-state index in [9.17, 15) is 4.79 Å². The summed E-state index contributed by atoms with van der Waals surface area (Å²) < 4.78 is 3.14. The number of H-pyrrole nitrogens is 1. The average Bonchev–Trinajstić information content (AvgIpc) is 2.58. The summed E-state index contributed by atoms with van der Waals surface area (Å²) in [5, 5.41) is 0. The van der Waals surface area contributed by atoms with Gasteiger partial charge in [-0.15, -0.1) is 0 Å². The van der Waals surface area contributed by atoms with Gasteiger partial charge in [0, 0.05) is 25.5 Å². The summed E-state index contributed by atoms with van der Waals surface area (Å²) in [6, 6.07) is 0. The standard InChI is InChI=1S/C7H10N4O/c8-1-3-10-5-6-9-2-4-11(6)7(10)12/h2,4-5,9H,1,3,8H2. The van der Waals surface area contributed by atoms with Crippen LogP contribution in [-0.2, 0) is 6.54 Å². The van der Waals surface area contributed by atoms with E-state index in [-0.39, 0.29) is 5.69 Å². The third-order valence-electron chi connectivity index (χ3n) is 1.81. The molecule has 0 spiro atoms. The molecule has 0 fully saturated rings. The Labute approximate surface area is 68.4 Å². The number of fused-ring (bicyclic) bond motifs is 1. The summed E-state index contributed by atoms with van der Waals surface area (Å²) in [4.78, 5) is 14.4. The second kappa shape index (κ2) is 2.53. The van der Waals surface area contributed by atoms with Crippen molar-refractivity contribution in [1.82, 2.24) is 14.0 Å². The van der Waals surface area contributed by atoms with Crippen molar-refractivity contribution >= 4 is 5.65 Å². The van der Waals surface area contributed by atoms with Crippen LogP contribution in [0.2, 0.25) is 0 Å². The Hall–Kier alpha value is -1.49. The van der Waals surface area contributed by atoms with Crippen LogP contribution in [0.1, 0.15) is 0 Å². The molecule has 0 saturated carbocycles. The summed E-state index contributed by atoms with van der Waals surface area (Å²) in [6.07, 6.45) is 5.18. The quantitative estimate of drug-likeness (QED) is 0.624. The number of nitrogens with zero attached hydrogens (tertiary/aromatic N) is 2. The Morgan fingerprint density at radius 3 is 3.08 bits per heavy atom. The molecular weight excluding hydrogens is 156 g/mol. The molecule has 64 valence electrons. The van der Waals surface area contributed by atoms with Crippen molar-refractivity contribution in [2.45, 2.75) is 6.54 Å². The minimum absolute atomic E-state index is 0.0447. The second-order valence-electron chi connectivity index (χ2n) is 2.61. The predicted molar refractivity (Wildman–Crippen MR) is 45.1 cm³/mol. The van der Waals surface area contributed by atoms with Crippen LogP contribution in [0.3, 0.4) is 0 Å². The van der Waals surface area contributed by atoms with E-state index in [4.69, 9.17) is 5.73 Å². The van der Waals surface area contributed by atoms with Crippen LogP contribution in [0.25, 0.3) is 5.65 Å². The van der Waals surface area contributed by atoms with Crippen molar-refractivity contribution < 1.29 is 0 Å². The van der Waals surface area contributed by atoms with Crippen LogP contribution in [0.5, 0.6) is 0 Å². The molecule has 0 bridgehead atoms. The van der Waals surface area contributed by atoms with Crippen LogP contribution in [0.15, 0.2) is 23.4 Å². The molecular formula is C7H10N4O. The van der Waals surface area contributed by atoms with Gasteiger partial charge in [0.25, 0.3) is 0 Å². The molecule has 0 aliphatic carbocycles. The summed E-state index contributed by atoms with van der Waals surface area (Å²) in [7, 11) is 0. The molecule has 0 aromatic carbocycles.